The predicted octanol–water partition coefficient (Wildman–Crippen LogP) is 1.55. The number of hydrogen-bond donors (Lipinski definition) is 0. The fourth-order valence-electron chi connectivity index (χ4n) is 1.01. The van der Waals surface area contributed by atoms with E-state index in [4.69, 9.17) is 11.6 Å². The molecule has 0 heterocycles. The molecule has 0 unspecified atom stereocenters. The second-order valence-corrected chi connectivity index (χ2v) is 5.25. The van der Waals surface area contributed by atoms with E-state index in [1.54, 1.807) is 30.3 Å². The quantitative estimate of drug-likeness (QED) is 0.740. The standard InChI is InChI=1S/C9H12ClNO2S/c1-11(8-7-10)14(12,13)9-5-3-2-4-6-9/h2-6H,7-8H2,1H3. The molecule has 0 saturated carbocycles. The molecule has 78 valence electrons. The summed E-state index contributed by atoms with van der Waals surface area (Å²) in [5.74, 6) is 0.294. The highest BCUT2D eigenvalue weighted by atomic mass is 35.5. The Kier molecular flexibility index (Phi) is 3.92. The molecule has 0 radical (unpaired) electrons. The normalized spacial score (nSPS) is 11.9. The third-order valence-corrected chi connectivity index (χ3v) is 3.89. The lowest BCUT2D eigenvalue weighted by atomic mass is 10.4. The first kappa shape index (κ1) is 11.5. The van der Waals surface area contributed by atoms with Crippen LogP contribution in [0.2, 0.25) is 0 Å². The predicted molar refractivity (Wildman–Crippen MR) is 57.0 cm³/mol. The smallest absolute Gasteiger partial charge is 0.207 e. The molecule has 5 heteroatoms. The summed E-state index contributed by atoms with van der Waals surface area (Å²) < 4.78 is 24.8. The highest BCUT2D eigenvalue weighted by molar-refractivity contribution is 7.89. The van der Waals surface area contributed by atoms with Gasteiger partial charge in [-0.25, -0.2) is 8.42 Å². The number of rotatable bonds is 4. The van der Waals surface area contributed by atoms with Crippen LogP contribution in [0.15, 0.2) is 35.2 Å². The van der Waals surface area contributed by atoms with E-state index in [0.29, 0.717) is 17.3 Å². The first-order valence-corrected chi connectivity index (χ1v) is 6.14. The molecule has 0 fully saturated rings. The maximum absolute atomic E-state index is 11.8. The minimum absolute atomic E-state index is 0.294. The Hall–Kier alpha value is -0.580. The van der Waals surface area contributed by atoms with Gasteiger partial charge in [-0.2, -0.15) is 4.31 Å². The van der Waals surface area contributed by atoms with E-state index in [1.165, 1.54) is 11.4 Å². The lowest BCUT2D eigenvalue weighted by molar-refractivity contribution is 0.488. The highest BCUT2D eigenvalue weighted by Gasteiger charge is 2.18. The molecule has 0 bridgehead atoms. The van der Waals surface area contributed by atoms with E-state index < -0.39 is 10.0 Å². The Balaban J connectivity index is 2.97. The van der Waals surface area contributed by atoms with Gasteiger partial charge in [0.2, 0.25) is 10.0 Å². The van der Waals surface area contributed by atoms with Crippen LogP contribution in [0.5, 0.6) is 0 Å². The van der Waals surface area contributed by atoms with E-state index in [-0.39, 0.29) is 0 Å². The summed E-state index contributed by atoms with van der Waals surface area (Å²) in [6.07, 6.45) is 0. The van der Waals surface area contributed by atoms with Gasteiger partial charge in [-0.05, 0) is 12.1 Å². The van der Waals surface area contributed by atoms with Crippen molar-refractivity contribution in [1.82, 2.24) is 4.31 Å². The largest absolute Gasteiger partial charge is 0.242 e. The van der Waals surface area contributed by atoms with Crippen molar-refractivity contribution in [2.24, 2.45) is 0 Å². The fraction of sp³-hybridized carbons (Fsp3) is 0.333. The van der Waals surface area contributed by atoms with Crippen LogP contribution in [0.3, 0.4) is 0 Å². The Morgan fingerprint density at radius 1 is 1.29 bits per heavy atom. The number of nitrogens with zero attached hydrogens (tertiary/aromatic N) is 1. The van der Waals surface area contributed by atoms with Crippen LogP contribution in [0, 0.1) is 0 Å². The van der Waals surface area contributed by atoms with Crippen molar-refractivity contribution < 1.29 is 8.42 Å². The van der Waals surface area contributed by atoms with Crippen LogP contribution in [0.1, 0.15) is 0 Å². The molecule has 0 aliphatic heterocycles. The zero-order valence-electron chi connectivity index (χ0n) is 7.85. The van der Waals surface area contributed by atoms with E-state index in [2.05, 4.69) is 0 Å². The number of hydrogen-bond acceptors (Lipinski definition) is 2. The Bertz CT molecular complexity index is 377. The summed E-state index contributed by atoms with van der Waals surface area (Å²) in [6.45, 7) is 0.318. The van der Waals surface area contributed by atoms with Gasteiger partial charge in [0, 0.05) is 19.5 Å². The van der Waals surface area contributed by atoms with Gasteiger partial charge in [0.25, 0.3) is 0 Å². The van der Waals surface area contributed by atoms with Gasteiger partial charge in [0.05, 0.1) is 4.90 Å². The molecule has 0 aliphatic rings. The Morgan fingerprint density at radius 3 is 2.36 bits per heavy atom. The molecule has 1 aromatic carbocycles. The average molecular weight is 234 g/mol. The van der Waals surface area contributed by atoms with Crippen molar-refractivity contribution >= 4 is 21.6 Å². The summed E-state index contributed by atoms with van der Waals surface area (Å²) in [4.78, 5) is 0.299. The van der Waals surface area contributed by atoms with Gasteiger partial charge in [-0.1, -0.05) is 18.2 Å². The minimum atomic E-state index is -3.35. The number of sulfonamides is 1. The molecule has 0 amide bonds. The van der Waals surface area contributed by atoms with E-state index >= 15 is 0 Å². The van der Waals surface area contributed by atoms with E-state index in [9.17, 15) is 8.42 Å². The maximum Gasteiger partial charge on any atom is 0.242 e. The van der Waals surface area contributed by atoms with Gasteiger partial charge in [-0.15, -0.1) is 11.6 Å². The Labute approximate surface area is 89.4 Å². The van der Waals surface area contributed by atoms with E-state index in [1.807, 2.05) is 0 Å². The van der Waals surface area contributed by atoms with Gasteiger partial charge in [-0.3, -0.25) is 0 Å². The fourth-order valence-corrected chi connectivity index (χ4v) is 2.56. The number of alkyl halides is 1. The molecular weight excluding hydrogens is 222 g/mol. The Morgan fingerprint density at radius 2 is 1.86 bits per heavy atom. The summed E-state index contributed by atoms with van der Waals surface area (Å²) in [5.41, 5.74) is 0. The second-order valence-electron chi connectivity index (χ2n) is 2.83. The van der Waals surface area contributed by atoms with E-state index in [0.717, 1.165) is 0 Å². The second kappa shape index (κ2) is 4.77. The van der Waals surface area contributed by atoms with Crippen LogP contribution in [-0.2, 0) is 10.0 Å². The van der Waals surface area contributed by atoms with Crippen molar-refractivity contribution in [3.8, 4) is 0 Å². The number of halogens is 1. The molecular formula is C9H12ClNO2S. The zero-order chi connectivity index (χ0) is 10.6. The number of benzene rings is 1. The van der Waals surface area contributed by atoms with Crippen molar-refractivity contribution in [1.29, 1.82) is 0 Å². The molecule has 0 N–H and O–H groups in total. The molecule has 1 aromatic rings. The van der Waals surface area contributed by atoms with Crippen LogP contribution in [0.25, 0.3) is 0 Å². The minimum Gasteiger partial charge on any atom is -0.207 e. The lowest BCUT2D eigenvalue weighted by Gasteiger charge is -2.15. The molecule has 1 rings (SSSR count). The first-order chi connectivity index (χ1) is 6.59. The third kappa shape index (κ3) is 2.47. The summed E-state index contributed by atoms with van der Waals surface area (Å²) in [5, 5.41) is 0. The van der Waals surface area contributed by atoms with Gasteiger partial charge in [0.15, 0.2) is 0 Å². The molecule has 0 aliphatic carbocycles. The maximum atomic E-state index is 11.8. The highest BCUT2D eigenvalue weighted by Crippen LogP contribution is 2.12. The average Bonchev–Trinajstić information content (AvgIpc) is 2.19. The van der Waals surface area contributed by atoms with Gasteiger partial charge < -0.3 is 0 Å². The van der Waals surface area contributed by atoms with Crippen molar-refractivity contribution in [2.45, 2.75) is 4.90 Å². The molecule has 3 nitrogen and oxygen atoms in total. The van der Waals surface area contributed by atoms with Crippen LogP contribution >= 0.6 is 11.6 Å². The third-order valence-electron chi connectivity index (χ3n) is 1.85. The summed E-state index contributed by atoms with van der Waals surface area (Å²) >= 11 is 5.48. The first-order valence-electron chi connectivity index (χ1n) is 4.16. The molecule has 0 atom stereocenters. The molecule has 0 aromatic heterocycles. The molecule has 0 spiro atoms. The van der Waals surface area contributed by atoms with Crippen LogP contribution in [-0.4, -0.2) is 32.2 Å². The molecule has 14 heavy (non-hydrogen) atoms. The van der Waals surface area contributed by atoms with Crippen molar-refractivity contribution in [2.75, 3.05) is 19.5 Å². The SMILES string of the molecule is CN(CCCl)S(=O)(=O)c1ccccc1. The topological polar surface area (TPSA) is 37.4 Å². The van der Waals surface area contributed by atoms with Gasteiger partial charge in [0.1, 0.15) is 0 Å². The lowest BCUT2D eigenvalue weighted by Crippen LogP contribution is -2.28. The molecule has 0 saturated heterocycles. The zero-order valence-corrected chi connectivity index (χ0v) is 9.42. The summed E-state index contributed by atoms with van der Waals surface area (Å²) in [7, 11) is -1.83. The van der Waals surface area contributed by atoms with Crippen molar-refractivity contribution in [3.05, 3.63) is 30.3 Å². The summed E-state index contributed by atoms with van der Waals surface area (Å²) in [6, 6.07) is 8.31. The van der Waals surface area contributed by atoms with Crippen LogP contribution < -0.4 is 0 Å². The van der Waals surface area contributed by atoms with Crippen LogP contribution in [0.4, 0.5) is 0 Å². The monoisotopic (exact) mass is 233 g/mol. The van der Waals surface area contributed by atoms with Crippen molar-refractivity contribution in [3.63, 3.8) is 0 Å². The van der Waals surface area contributed by atoms with Gasteiger partial charge >= 0.3 is 0 Å².